The lowest BCUT2D eigenvalue weighted by Gasteiger charge is -2.11. The van der Waals surface area contributed by atoms with Gasteiger partial charge < -0.3 is 10.6 Å². The molecule has 0 radical (unpaired) electrons. The number of halogens is 2. The first kappa shape index (κ1) is 17.9. The van der Waals surface area contributed by atoms with Crippen molar-refractivity contribution in [3.8, 4) is 0 Å². The van der Waals surface area contributed by atoms with Gasteiger partial charge in [-0.05, 0) is 53.9 Å². The lowest BCUT2D eigenvalue weighted by Crippen LogP contribution is -2.37. The Kier molecular flexibility index (Phi) is 6.53. The summed E-state index contributed by atoms with van der Waals surface area (Å²) in [5.74, 6) is 0.506. The van der Waals surface area contributed by atoms with Gasteiger partial charge in [0.1, 0.15) is 5.82 Å². The molecule has 2 aromatic rings. The van der Waals surface area contributed by atoms with E-state index in [4.69, 9.17) is 0 Å². The molecule has 1 aromatic carbocycles. The summed E-state index contributed by atoms with van der Waals surface area (Å²) in [6, 6.07) is 5.07. The minimum absolute atomic E-state index is 0.241. The highest BCUT2D eigenvalue weighted by molar-refractivity contribution is 9.10. The van der Waals surface area contributed by atoms with Crippen LogP contribution in [0, 0.1) is 19.7 Å². The van der Waals surface area contributed by atoms with Gasteiger partial charge in [-0.2, -0.15) is 0 Å². The maximum Gasteiger partial charge on any atom is 0.191 e. The summed E-state index contributed by atoms with van der Waals surface area (Å²) in [5.41, 5.74) is 2.13. The minimum Gasteiger partial charge on any atom is -0.356 e. The van der Waals surface area contributed by atoms with Crippen molar-refractivity contribution in [1.29, 1.82) is 0 Å². The lowest BCUT2D eigenvalue weighted by atomic mass is 10.1. The maximum absolute atomic E-state index is 13.2. The predicted octanol–water partition coefficient (Wildman–Crippen LogP) is 3.57. The van der Waals surface area contributed by atoms with Crippen LogP contribution in [-0.4, -0.2) is 24.5 Å². The number of aromatic nitrogens is 1. The molecule has 0 saturated carbocycles. The Morgan fingerprint density at radius 2 is 2.13 bits per heavy atom. The average molecular weight is 399 g/mol. The number of hydrogen-bond donors (Lipinski definition) is 2. The van der Waals surface area contributed by atoms with Crippen LogP contribution in [0.3, 0.4) is 0 Å². The van der Waals surface area contributed by atoms with Crippen molar-refractivity contribution in [3.05, 3.63) is 49.6 Å². The molecule has 0 spiro atoms. The van der Waals surface area contributed by atoms with Crippen molar-refractivity contribution in [2.75, 3.05) is 13.6 Å². The van der Waals surface area contributed by atoms with Gasteiger partial charge in [-0.15, -0.1) is 11.3 Å². The van der Waals surface area contributed by atoms with Crippen LogP contribution in [0.15, 0.2) is 27.7 Å². The van der Waals surface area contributed by atoms with E-state index in [1.807, 2.05) is 13.8 Å². The van der Waals surface area contributed by atoms with Gasteiger partial charge >= 0.3 is 0 Å². The SMILES string of the molecule is CN=C(NCCc1ccc(F)c(Br)c1)NCc1sc(C)nc1C. The Morgan fingerprint density at radius 1 is 1.35 bits per heavy atom. The number of hydrogen-bond acceptors (Lipinski definition) is 3. The van der Waals surface area contributed by atoms with Crippen molar-refractivity contribution in [2.24, 2.45) is 4.99 Å². The molecule has 0 fully saturated rings. The third-order valence-corrected chi connectivity index (χ3v) is 5.01. The highest BCUT2D eigenvalue weighted by Gasteiger charge is 2.06. The van der Waals surface area contributed by atoms with Gasteiger partial charge in [0.05, 0.1) is 21.7 Å². The molecule has 0 aliphatic heterocycles. The number of rotatable bonds is 5. The van der Waals surface area contributed by atoms with E-state index in [-0.39, 0.29) is 5.82 Å². The molecule has 2 N–H and O–H groups in total. The number of guanidine groups is 1. The summed E-state index contributed by atoms with van der Waals surface area (Å²) in [5, 5.41) is 7.62. The molecule has 124 valence electrons. The molecule has 0 unspecified atom stereocenters. The van der Waals surface area contributed by atoms with Gasteiger partial charge in [0.2, 0.25) is 0 Å². The fraction of sp³-hybridized carbons (Fsp3) is 0.375. The molecule has 23 heavy (non-hydrogen) atoms. The Balaban J connectivity index is 1.81. The van der Waals surface area contributed by atoms with Crippen molar-refractivity contribution in [3.63, 3.8) is 0 Å². The molecule has 7 heteroatoms. The fourth-order valence-electron chi connectivity index (χ4n) is 2.14. The van der Waals surface area contributed by atoms with E-state index in [1.54, 1.807) is 30.5 Å². The summed E-state index contributed by atoms with van der Waals surface area (Å²) in [7, 11) is 1.74. The number of nitrogens with one attached hydrogen (secondary N) is 2. The van der Waals surface area contributed by atoms with Crippen LogP contribution in [0.1, 0.15) is 21.1 Å². The Morgan fingerprint density at radius 3 is 2.74 bits per heavy atom. The molecular formula is C16H20BrFN4S. The van der Waals surface area contributed by atoms with Gasteiger partial charge in [-0.25, -0.2) is 9.37 Å². The molecule has 1 heterocycles. The van der Waals surface area contributed by atoms with Gasteiger partial charge in [0.15, 0.2) is 5.96 Å². The smallest absolute Gasteiger partial charge is 0.191 e. The van der Waals surface area contributed by atoms with Crippen LogP contribution in [0.25, 0.3) is 0 Å². The number of aliphatic imine (C=N–C) groups is 1. The van der Waals surface area contributed by atoms with Gasteiger partial charge in [0.25, 0.3) is 0 Å². The van der Waals surface area contributed by atoms with E-state index in [0.29, 0.717) is 11.0 Å². The zero-order valence-corrected chi connectivity index (χ0v) is 15.8. The molecule has 0 atom stereocenters. The second-order valence-corrected chi connectivity index (χ2v) is 7.23. The van der Waals surface area contributed by atoms with E-state index in [0.717, 1.165) is 35.2 Å². The van der Waals surface area contributed by atoms with Crippen molar-refractivity contribution < 1.29 is 4.39 Å². The van der Waals surface area contributed by atoms with Crippen LogP contribution >= 0.6 is 27.3 Å². The second kappa shape index (κ2) is 8.40. The molecule has 0 saturated heterocycles. The molecule has 0 aliphatic rings. The van der Waals surface area contributed by atoms with Crippen molar-refractivity contribution in [2.45, 2.75) is 26.8 Å². The predicted molar refractivity (Wildman–Crippen MR) is 97.6 cm³/mol. The third kappa shape index (κ3) is 5.28. The van der Waals surface area contributed by atoms with E-state index in [2.05, 4.69) is 36.5 Å². The highest BCUT2D eigenvalue weighted by Crippen LogP contribution is 2.17. The number of thiazole rings is 1. The largest absolute Gasteiger partial charge is 0.356 e. The summed E-state index contributed by atoms with van der Waals surface area (Å²) < 4.78 is 13.7. The molecule has 0 amide bonds. The first-order valence-electron chi connectivity index (χ1n) is 7.31. The highest BCUT2D eigenvalue weighted by atomic mass is 79.9. The van der Waals surface area contributed by atoms with Gasteiger partial charge in [0, 0.05) is 18.5 Å². The molecular weight excluding hydrogens is 379 g/mol. The van der Waals surface area contributed by atoms with E-state index >= 15 is 0 Å². The van der Waals surface area contributed by atoms with Crippen LogP contribution in [0.2, 0.25) is 0 Å². The maximum atomic E-state index is 13.2. The summed E-state index contributed by atoms with van der Waals surface area (Å²) >= 11 is 4.90. The summed E-state index contributed by atoms with van der Waals surface area (Å²) in [6.45, 7) is 5.45. The first-order chi connectivity index (χ1) is 11.0. The topological polar surface area (TPSA) is 49.3 Å². The number of aryl methyl sites for hydroxylation is 2. The van der Waals surface area contributed by atoms with Crippen LogP contribution < -0.4 is 10.6 Å². The molecule has 1 aromatic heterocycles. The molecule has 0 aliphatic carbocycles. The van der Waals surface area contributed by atoms with Crippen LogP contribution in [0.5, 0.6) is 0 Å². The van der Waals surface area contributed by atoms with Crippen molar-refractivity contribution >= 4 is 33.2 Å². The monoisotopic (exact) mass is 398 g/mol. The zero-order chi connectivity index (χ0) is 16.8. The van der Waals surface area contributed by atoms with E-state index in [1.165, 1.54) is 10.9 Å². The first-order valence-corrected chi connectivity index (χ1v) is 8.92. The lowest BCUT2D eigenvalue weighted by molar-refractivity contribution is 0.620. The van der Waals surface area contributed by atoms with Crippen LogP contribution in [0.4, 0.5) is 4.39 Å². The standard InChI is InChI=1S/C16H20BrFN4S/c1-10-15(23-11(2)22-10)9-21-16(19-3)20-7-6-12-4-5-14(18)13(17)8-12/h4-5,8H,6-7,9H2,1-3H3,(H2,19,20,21). The van der Waals surface area contributed by atoms with E-state index in [9.17, 15) is 4.39 Å². The van der Waals surface area contributed by atoms with Gasteiger partial charge in [-0.1, -0.05) is 6.07 Å². The minimum atomic E-state index is -0.241. The van der Waals surface area contributed by atoms with Crippen molar-refractivity contribution in [1.82, 2.24) is 15.6 Å². The zero-order valence-electron chi connectivity index (χ0n) is 13.4. The summed E-state index contributed by atoms with van der Waals surface area (Å²) in [4.78, 5) is 9.84. The third-order valence-electron chi connectivity index (χ3n) is 3.33. The number of benzene rings is 1. The molecule has 4 nitrogen and oxygen atoms in total. The Labute approximate surface area is 148 Å². The normalized spacial score (nSPS) is 11.6. The van der Waals surface area contributed by atoms with Crippen LogP contribution in [-0.2, 0) is 13.0 Å². The van der Waals surface area contributed by atoms with Gasteiger partial charge in [-0.3, -0.25) is 4.99 Å². The second-order valence-electron chi connectivity index (χ2n) is 5.09. The quantitative estimate of drug-likeness (QED) is 0.597. The molecule has 0 bridgehead atoms. The fourth-order valence-corrected chi connectivity index (χ4v) is 3.45. The average Bonchev–Trinajstić information content (AvgIpc) is 2.84. The number of nitrogens with zero attached hydrogens (tertiary/aromatic N) is 2. The molecule has 2 rings (SSSR count). The Hall–Kier alpha value is -1.47. The summed E-state index contributed by atoms with van der Waals surface area (Å²) in [6.07, 6.45) is 0.790. The Bertz CT molecular complexity index is 699. The van der Waals surface area contributed by atoms with E-state index < -0.39 is 0 Å².